The lowest BCUT2D eigenvalue weighted by atomic mass is 10.1. The molecule has 0 aliphatic rings. The molecule has 3 rings (SSSR count). The van der Waals surface area contributed by atoms with Gasteiger partial charge in [0.25, 0.3) is 0 Å². The van der Waals surface area contributed by atoms with E-state index in [0.717, 1.165) is 26.7 Å². The normalized spacial score (nSPS) is 10.5. The van der Waals surface area contributed by atoms with Crippen molar-refractivity contribution in [2.45, 2.75) is 6.42 Å². The molecule has 0 radical (unpaired) electrons. The summed E-state index contributed by atoms with van der Waals surface area (Å²) in [6.07, 6.45) is 2.11. The molecule has 2 aromatic carbocycles. The smallest absolute Gasteiger partial charge is 0.224 e. The maximum Gasteiger partial charge on any atom is 0.224 e. The van der Waals surface area contributed by atoms with Gasteiger partial charge < -0.3 is 10.1 Å². The molecule has 3 aromatic rings. The molecule has 4 nitrogen and oxygen atoms in total. The van der Waals surface area contributed by atoms with Crippen LogP contribution in [0, 0.1) is 0 Å². The molecule has 0 saturated carbocycles. The van der Waals surface area contributed by atoms with Crippen LogP contribution in [0.5, 0.6) is 5.75 Å². The van der Waals surface area contributed by atoms with Gasteiger partial charge in [-0.15, -0.1) is 0 Å². The molecule has 1 amide bonds. The number of ether oxygens (including phenoxy) is 1. The average Bonchev–Trinajstić information content (AvgIpc) is 2.61. The van der Waals surface area contributed by atoms with Gasteiger partial charge in [-0.2, -0.15) is 0 Å². The molecule has 24 heavy (non-hydrogen) atoms. The van der Waals surface area contributed by atoms with Crippen LogP contribution in [0.25, 0.3) is 10.9 Å². The van der Waals surface area contributed by atoms with Crippen LogP contribution >= 0.6 is 15.9 Å². The fraction of sp³-hybridized carbons (Fsp3) is 0.158. The number of amides is 1. The average molecular weight is 385 g/mol. The van der Waals surface area contributed by atoms with Gasteiger partial charge in [-0.1, -0.05) is 46.3 Å². The number of para-hydroxylation sites is 1. The maximum atomic E-state index is 11.9. The molecule has 0 aliphatic heterocycles. The molecule has 5 heteroatoms. The van der Waals surface area contributed by atoms with E-state index >= 15 is 0 Å². The number of fused-ring (bicyclic) bond motifs is 1. The Balaban J connectivity index is 1.48. The van der Waals surface area contributed by atoms with Crippen LogP contribution in [0.2, 0.25) is 0 Å². The minimum Gasteiger partial charge on any atom is -0.489 e. The highest BCUT2D eigenvalue weighted by Crippen LogP contribution is 2.22. The lowest BCUT2D eigenvalue weighted by Gasteiger charge is -2.09. The van der Waals surface area contributed by atoms with Crippen molar-refractivity contribution >= 4 is 32.7 Å². The Hall–Kier alpha value is -2.40. The van der Waals surface area contributed by atoms with Crippen molar-refractivity contribution in [1.82, 2.24) is 10.3 Å². The number of benzene rings is 2. The van der Waals surface area contributed by atoms with Crippen LogP contribution < -0.4 is 10.1 Å². The zero-order valence-electron chi connectivity index (χ0n) is 13.0. The summed E-state index contributed by atoms with van der Waals surface area (Å²) in [6, 6.07) is 17.4. The second-order valence-corrected chi connectivity index (χ2v) is 6.25. The molecular weight excluding hydrogens is 368 g/mol. The van der Waals surface area contributed by atoms with Gasteiger partial charge in [-0.3, -0.25) is 9.78 Å². The molecular formula is C19H17BrN2O2. The summed E-state index contributed by atoms with van der Waals surface area (Å²) >= 11 is 3.38. The van der Waals surface area contributed by atoms with E-state index in [1.165, 1.54) is 0 Å². The highest BCUT2D eigenvalue weighted by molar-refractivity contribution is 9.10. The van der Waals surface area contributed by atoms with Crippen molar-refractivity contribution in [3.05, 3.63) is 70.8 Å². The van der Waals surface area contributed by atoms with Crippen molar-refractivity contribution in [2.24, 2.45) is 0 Å². The molecule has 0 bridgehead atoms. The summed E-state index contributed by atoms with van der Waals surface area (Å²) in [5.41, 5.74) is 1.82. The Morgan fingerprint density at radius 3 is 2.71 bits per heavy atom. The molecule has 0 unspecified atom stereocenters. The summed E-state index contributed by atoms with van der Waals surface area (Å²) in [4.78, 5) is 16.3. The van der Waals surface area contributed by atoms with Crippen LogP contribution in [-0.4, -0.2) is 24.0 Å². The molecule has 1 N–H and O–H groups in total. The van der Waals surface area contributed by atoms with Crippen molar-refractivity contribution in [3.8, 4) is 5.75 Å². The molecule has 122 valence electrons. The van der Waals surface area contributed by atoms with Crippen LogP contribution in [0.3, 0.4) is 0 Å². The van der Waals surface area contributed by atoms with E-state index < -0.39 is 0 Å². The van der Waals surface area contributed by atoms with E-state index in [-0.39, 0.29) is 5.91 Å². The topological polar surface area (TPSA) is 51.2 Å². The quantitative estimate of drug-likeness (QED) is 0.658. The standard InChI is InChI=1S/C19H17BrN2O2/c20-16-8-6-14(7-9-16)13-18(23)21-11-12-24-17-5-1-3-15-4-2-10-22-19(15)17/h1-10H,11-13H2,(H,21,23). The first-order valence-corrected chi connectivity index (χ1v) is 8.49. The van der Waals surface area contributed by atoms with E-state index in [1.807, 2.05) is 54.6 Å². The first kappa shape index (κ1) is 16.5. The Labute approximate surface area is 149 Å². The summed E-state index contributed by atoms with van der Waals surface area (Å²) in [5.74, 6) is 0.715. The van der Waals surface area contributed by atoms with E-state index in [4.69, 9.17) is 4.74 Å². The number of carbonyl (C=O) groups is 1. The van der Waals surface area contributed by atoms with Gasteiger partial charge in [-0.05, 0) is 29.8 Å². The second-order valence-electron chi connectivity index (χ2n) is 5.33. The maximum absolute atomic E-state index is 11.9. The molecule has 0 saturated heterocycles. The zero-order chi connectivity index (χ0) is 16.8. The van der Waals surface area contributed by atoms with Crippen LogP contribution in [0.1, 0.15) is 5.56 Å². The number of aromatic nitrogens is 1. The third-order valence-electron chi connectivity index (χ3n) is 3.56. The Kier molecular flexibility index (Phi) is 5.43. The number of rotatable bonds is 6. The predicted molar refractivity (Wildman–Crippen MR) is 98.1 cm³/mol. The van der Waals surface area contributed by atoms with E-state index in [1.54, 1.807) is 6.20 Å². The van der Waals surface area contributed by atoms with Crippen LogP contribution in [-0.2, 0) is 11.2 Å². The fourth-order valence-electron chi connectivity index (χ4n) is 2.39. The molecule has 1 heterocycles. The van der Waals surface area contributed by atoms with Crippen molar-refractivity contribution < 1.29 is 9.53 Å². The first-order valence-electron chi connectivity index (χ1n) is 7.70. The number of halogens is 1. The zero-order valence-corrected chi connectivity index (χ0v) is 14.6. The van der Waals surface area contributed by atoms with Crippen molar-refractivity contribution in [3.63, 3.8) is 0 Å². The number of pyridine rings is 1. The molecule has 0 spiro atoms. The number of carbonyl (C=O) groups excluding carboxylic acids is 1. The minimum absolute atomic E-state index is 0.0167. The van der Waals surface area contributed by atoms with Gasteiger partial charge >= 0.3 is 0 Å². The van der Waals surface area contributed by atoms with E-state index in [9.17, 15) is 4.79 Å². The molecule has 1 aromatic heterocycles. The van der Waals surface area contributed by atoms with Gasteiger partial charge in [0.1, 0.15) is 17.9 Å². The van der Waals surface area contributed by atoms with Crippen molar-refractivity contribution in [2.75, 3.05) is 13.2 Å². The third-order valence-corrected chi connectivity index (χ3v) is 4.08. The summed E-state index contributed by atoms with van der Waals surface area (Å²) in [5, 5.41) is 3.90. The number of hydrogen-bond acceptors (Lipinski definition) is 3. The predicted octanol–water partition coefficient (Wildman–Crippen LogP) is 3.74. The lowest BCUT2D eigenvalue weighted by molar-refractivity contribution is -0.120. The largest absolute Gasteiger partial charge is 0.489 e. The van der Waals surface area contributed by atoms with Crippen molar-refractivity contribution in [1.29, 1.82) is 0 Å². The highest BCUT2D eigenvalue weighted by atomic mass is 79.9. The first-order chi connectivity index (χ1) is 11.7. The summed E-state index contributed by atoms with van der Waals surface area (Å²) in [7, 11) is 0. The SMILES string of the molecule is O=C(Cc1ccc(Br)cc1)NCCOc1cccc2cccnc12. The molecule has 0 fully saturated rings. The number of nitrogens with one attached hydrogen (secondary N) is 1. The summed E-state index contributed by atoms with van der Waals surface area (Å²) < 4.78 is 6.76. The van der Waals surface area contributed by atoms with E-state index in [0.29, 0.717) is 19.6 Å². The fourth-order valence-corrected chi connectivity index (χ4v) is 2.66. The van der Waals surface area contributed by atoms with Gasteiger partial charge in [-0.25, -0.2) is 0 Å². The number of hydrogen-bond donors (Lipinski definition) is 1. The van der Waals surface area contributed by atoms with Gasteiger partial charge in [0, 0.05) is 16.1 Å². The van der Waals surface area contributed by atoms with E-state index in [2.05, 4.69) is 26.2 Å². The van der Waals surface area contributed by atoms with Gasteiger partial charge in [0.05, 0.1) is 13.0 Å². The third kappa shape index (κ3) is 4.32. The highest BCUT2D eigenvalue weighted by Gasteiger charge is 2.05. The number of nitrogens with zero attached hydrogens (tertiary/aromatic N) is 1. The molecule has 0 atom stereocenters. The Bertz CT molecular complexity index is 829. The lowest BCUT2D eigenvalue weighted by Crippen LogP contribution is -2.29. The van der Waals surface area contributed by atoms with Gasteiger partial charge in [0.15, 0.2) is 0 Å². The second kappa shape index (κ2) is 7.93. The summed E-state index contributed by atoms with van der Waals surface area (Å²) in [6.45, 7) is 0.861. The van der Waals surface area contributed by atoms with Crippen LogP contribution in [0.4, 0.5) is 0 Å². The Morgan fingerprint density at radius 1 is 1.08 bits per heavy atom. The van der Waals surface area contributed by atoms with Crippen LogP contribution in [0.15, 0.2) is 65.3 Å². The Morgan fingerprint density at radius 2 is 1.88 bits per heavy atom. The van der Waals surface area contributed by atoms with Gasteiger partial charge in [0.2, 0.25) is 5.91 Å². The molecule has 0 aliphatic carbocycles. The monoisotopic (exact) mass is 384 g/mol. The minimum atomic E-state index is -0.0167.